The number of carboxylic acid groups (broad SMARTS) is 1. The highest BCUT2D eigenvalue weighted by molar-refractivity contribution is 7.91. The van der Waals surface area contributed by atoms with E-state index in [1.807, 2.05) is 0 Å². The Morgan fingerprint density at radius 1 is 1.29 bits per heavy atom. The maximum Gasteiger partial charge on any atom is 0.309 e. The Balaban J connectivity index is 1.67. The van der Waals surface area contributed by atoms with Crippen LogP contribution in [0, 0.1) is 5.92 Å². The molecule has 1 spiro atoms. The van der Waals surface area contributed by atoms with Crippen molar-refractivity contribution in [3.8, 4) is 0 Å². The van der Waals surface area contributed by atoms with Crippen LogP contribution >= 0.6 is 0 Å². The summed E-state index contributed by atoms with van der Waals surface area (Å²) in [4.78, 5) is 26.3. The van der Waals surface area contributed by atoms with E-state index >= 15 is 0 Å². The van der Waals surface area contributed by atoms with Gasteiger partial charge in [-0.2, -0.15) is 0 Å². The van der Waals surface area contributed by atoms with Gasteiger partial charge in [-0.25, -0.2) is 8.42 Å². The molecule has 8 heteroatoms. The zero-order valence-corrected chi connectivity index (χ0v) is 13.7. The fourth-order valence-corrected chi connectivity index (χ4v) is 5.53. The largest absolute Gasteiger partial charge is 0.481 e. The Morgan fingerprint density at radius 3 is 2.67 bits per heavy atom. The van der Waals surface area contributed by atoms with Crippen molar-refractivity contribution in [1.82, 2.24) is 4.90 Å². The Bertz CT molecular complexity index is 842. The molecule has 1 aromatic rings. The molecule has 1 amide bonds. The third-order valence-electron chi connectivity index (χ3n) is 5.36. The fraction of sp³-hybridized carbons (Fsp3) is 0.500. The molecular formula is C16H17NO6S. The normalized spacial score (nSPS) is 26.2. The number of hydrogen-bond acceptors (Lipinski definition) is 5. The van der Waals surface area contributed by atoms with E-state index < -0.39 is 27.3 Å². The molecule has 0 bridgehead atoms. The minimum absolute atomic E-state index is 0.0720. The second-order valence-corrected chi connectivity index (χ2v) is 8.70. The van der Waals surface area contributed by atoms with Gasteiger partial charge in [-0.1, -0.05) is 0 Å². The summed E-state index contributed by atoms with van der Waals surface area (Å²) in [5, 5.41) is 9.41. The van der Waals surface area contributed by atoms with Gasteiger partial charge in [-0.15, -0.1) is 0 Å². The molecule has 7 nitrogen and oxygen atoms in total. The van der Waals surface area contributed by atoms with Crippen molar-refractivity contribution in [3.63, 3.8) is 0 Å². The van der Waals surface area contributed by atoms with E-state index in [-0.39, 0.29) is 24.9 Å². The number of benzene rings is 1. The van der Waals surface area contributed by atoms with E-state index in [0.29, 0.717) is 35.4 Å². The number of fused-ring (bicyclic) bond motifs is 1. The van der Waals surface area contributed by atoms with Crippen LogP contribution in [-0.2, 0) is 25.8 Å². The molecule has 1 aromatic carbocycles. The van der Waals surface area contributed by atoms with Crippen LogP contribution in [0.1, 0.15) is 22.3 Å². The van der Waals surface area contributed by atoms with Gasteiger partial charge < -0.3 is 14.7 Å². The summed E-state index contributed by atoms with van der Waals surface area (Å²) in [6.45, 7) is 0.832. The van der Waals surface area contributed by atoms with Gasteiger partial charge in [-0.05, 0) is 36.6 Å². The van der Waals surface area contributed by atoms with Gasteiger partial charge in [0.25, 0.3) is 5.91 Å². The number of nitrogens with zero attached hydrogens (tertiary/aromatic N) is 1. The standard InChI is InChI=1S/C16H17NO6S/c18-14(11-1-2-13-10(7-11)4-6-24(13,21)22)17-5-3-12(15(19)20)16(17)8-23-9-16/h1-2,7,12H,3-6,8-9H2,(H,19,20). The van der Waals surface area contributed by atoms with Crippen molar-refractivity contribution in [2.45, 2.75) is 23.3 Å². The summed E-state index contributed by atoms with van der Waals surface area (Å²) < 4.78 is 29.0. The summed E-state index contributed by atoms with van der Waals surface area (Å²) in [6, 6.07) is 4.63. The molecule has 24 heavy (non-hydrogen) atoms. The molecule has 3 aliphatic rings. The average molecular weight is 351 g/mol. The van der Waals surface area contributed by atoms with Gasteiger partial charge in [0.15, 0.2) is 9.84 Å². The Labute approximate surface area is 139 Å². The van der Waals surface area contributed by atoms with Crippen LogP contribution in [0.4, 0.5) is 0 Å². The summed E-state index contributed by atoms with van der Waals surface area (Å²) in [5.41, 5.74) is 0.297. The highest BCUT2D eigenvalue weighted by Crippen LogP contribution is 2.42. The second kappa shape index (κ2) is 5.03. The molecule has 2 fully saturated rings. The second-order valence-electron chi connectivity index (χ2n) is 6.62. The first-order valence-electron chi connectivity index (χ1n) is 7.83. The zero-order chi connectivity index (χ0) is 17.1. The lowest BCUT2D eigenvalue weighted by molar-refractivity contribution is -0.164. The third-order valence-corrected chi connectivity index (χ3v) is 7.17. The lowest BCUT2D eigenvalue weighted by Crippen LogP contribution is -2.65. The Morgan fingerprint density at radius 2 is 2.04 bits per heavy atom. The predicted octanol–water partition coefficient (Wildman–Crippen LogP) is 0.332. The molecule has 1 atom stereocenters. The molecular weight excluding hydrogens is 334 g/mol. The van der Waals surface area contributed by atoms with Crippen LogP contribution in [0.25, 0.3) is 0 Å². The predicted molar refractivity (Wildman–Crippen MR) is 82.5 cm³/mol. The monoisotopic (exact) mass is 351 g/mol. The molecule has 0 aromatic heterocycles. The Kier molecular flexibility index (Phi) is 3.27. The van der Waals surface area contributed by atoms with Crippen LogP contribution in [-0.4, -0.2) is 61.4 Å². The molecule has 1 N–H and O–H groups in total. The number of ether oxygens (including phenoxy) is 1. The molecule has 3 heterocycles. The average Bonchev–Trinajstić information content (AvgIpc) is 3.04. The number of sulfone groups is 1. The molecule has 0 aliphatic carbocycles. The van der Waals surface area contributed by atoms with E-state index in [0.717, 1.165) is 0 Å². The van der Waals surface area contributed by atoms with Gasteiger partial charge in [0.2, 0.25) is 0 Å². The molecule has 0 saturated carbocycles. The number of likely N-dealkylation sites (tertiary alicyclic amines) is 1. The smallest absolute Gasteiger partial charge is 0.309 e. The van der Waals surface area contributed by atoms with Gasteiger partial charge in [-0.3, -0.25) is 9.59 Å². The van der Waals surface area contributed by atoms with Crippen molar-refractivity contribution >= 4 is 21.7 Å². The lowest BCUT2D eigenvalue weighted by Gasteiger charge is -2.47. The number of aliphatic carboxylic acids is 1. The van der Waals surface area contributed by atoms with Crippen LogP contribution in [0.15, 0.2) is 23.1 Å². The number of carbonyl (C=O) groups is 2. The van der Waals surface area contributed by atoms with Crippen LogP contribution < -0.4 is 0 Å². The van der Waals surface area contributed by atoms with Gasteiger partial charge in [0, 0.05) is 12.1 Å². The van der Waals surface area contributed by atoms with Crippen LogP contribution in [0.2, 0.25) is 0 Å². The maximum atomic E-state index is 12.9. The first kappa shape index (κ1) is 15.6. The van der Waals surface area contributed by atoms with E-state index in [2.05, 4.69) is 0 Å². The van der Waals surface area contributed by atoms with E-state index in [1.54, 1.807) is 11.0 Å². The fourth-order valence-electron chi connectivity index (χ4n) is 3.98. The molecule has 0 radical (unpaired) electrons. The minimum atomic E-state index is -3.23. The molecule has 1 unspecified atom stereocenters. The quantitative estimate of drug-likeness (QED) is 0.824. The van der Waals surface area contributed by atoms with Crippen molar-refractivity contribution < 1.29 is 27.9 Å². The number of carbonyl (C=O) groups excluding carboxylic acids is 1. The number of aryl methyl sites for hydroxylation is 1. The first-order chi connectivity index (χ1) is 11.3. The van der Waals surface area contributed by atoms with Gasteiger partial charge in [0.1, 0.15) is 5.54 Å². The van der Waals surface area contributed by atoms with Crippen molar-refractivity contribution in [1.29, 1.82) is 0 Å². The van der Waals surface area contributed by atoms with E-state index in [9.17, 15) is 23.1 Å². The number of amides is 1. The SMILES string of the molecule is O=C(O)C1CCN(C(=O)c2ccc3c(c2)CCS3(=O)=O)C12COC2. The van der Waals surface area contributed by atoms with Gasteiger partial charge >= 0.3 is 5.97 Å². The highest BCUT2D eigenvalue weighted by atomic mass is 32.2. The van der Waals surface area contributed by atoms with Crippen molar-refractivity contribution in [2.75, 3.05) is 25.5 Å². The summed E-state index contributed by atoms with van der Waals surface area (Å²) in [7, 11) is -3.23. The zero-order valence-electron chi connectivity index (χ0n) is 12.9. The summed E-state index contributed by atoms with van der Waals surface area (Å²) >= 11 is 0. The summed E-state index contributed by atoms with van der Waals surface area (Å²) in [5.74, 6) is -1.71. The van der Waals surface area contributed by atoms with Crippen molar-refractivity contribution in [2.24, 2.45) is 5.92 Å². The third kappa shape index (κ3) is 2.02. The first-order valence-corrected chi connectivity index (χ1v) is 9.49. The maximum absolute atomic E-state index is 12.9. The van der Waals surface area contributed by atoms with Gasteiger partial charge in [0.05, 0.1) is 29.8 Å². The number of rotatable bonds is 2. The molecule has 128 valence electrons. The Hall–Kier alpha value is -1.93. The number of hydrogen-bond donors (Lipinski definition) is 1. The van der Waals surface area contributed by atoms with Crippen LogP contribution in [0.3, 0.4) is 0 Å². The molecule has 4 rings (SSSR count). The van der Waals surface area contributed by atoms with E-state index in [4.69, 9.17) is 4.74 Å². The minimum Gasteiger partial charge on any atom is -0.481 e. The molecule has 2 saturated heterocycles. The topological polar surface area (TPSA) is 101 Å². The highest BCUT2D eigenvalue weighted by Gasteiger charge is 2.58. The molecule has 3 aliphatic heterocycles. The van der Waals surface area contributed by atoms with E-state index in [1.165, 1.54) is 12.1 Å². The van der Waals surface area contributed by atoms with Crippen LogP contribution in [0.5, 0.6) is 0 Å². The number of carboxylic acids is 1. The summed E-state index contributed by atoms with van der Waals surface area (Å²) in [6.07, 6.45) is 0.814. The lowest BCUT2D eigenvalue weighted by atomic mass is 9.82. The van der Waals surface area contributed by atoms with Crippen molar-refractivity contribution in [3.05, 3.63) is 29.3 Å².